The molecular formula is C18H17F2NO2. The van der Waals surface area contributed by atoms with Gasteiger partial charge in [-0.3, -0.25) is 4.79 Å². The lowest BCUT2D eigenvalue weighted by Crippen LogP contribution is -2.37. The molecule has 0 spiro atoms. The molecule has 1 atom stereocenters. The number of rotatable bonds is 4. The maximum Gasteiger partial charge on any atom is 0.224 e. The Balaban J connectivity index is 1.52. The molecule has 0 bridgehead atoms. The minimum absolute atomic E-state index is 0.0908. The van der Waals surface area contributed by atoms with Crippen molar-refractivity contribution >= 4 is 5.91 Å². The van der Waals surface area contributed by atoms with Crippen LogP contribution in [0.4, 0.5) is 8.78 Å². The maximum absolute atomic E-state index is 13.5. The van der Waals surface area contributed by atoms with E-state index in [-0.39, 0.29) is 24.0 Å². The fraction of sp³-hybridized carbons (Fsp3) is 0.278. The summed E-state index contributed by atoms with van der Waals surface area (Å²) in [6.07, 6.45) is 0.531. The SMILES string of the molecule is O=C(Cc1ccc(F)cc1F)NCC1Cc2ccccc2CO1. The largest absolute Gasteiger partial charge is 0.371 e. The highest BCUT2D eigenvalue weighted by molar-refractivity contribution is 5.78. The first kappa shape index (κ1) is 15.6. The molecule has 3 rings (SSSR count). The van der Waals surface area contributed by atoms with E-state index >= 15 is 0 Å². The lowest BCUT2D eigenvalue weighted by molar-refractivity contribution is -0.121. The number of carbonyl (C=O) groups excluding carboxylic acids is 1. The molecule has 0 saturated heterocycles. The third kappa shape index (κ3) is 3.93. The van der Waals surface area contributed by atoms with Gasteiger partial charge in [-0.15, -0.1) is 0 Å². The summed E-state index contributed by atoms with van der Waals surface area (Å²) < 4.78 is 32.1. The minimum Gasteiger partial charge on any atom is -0.371 e. The molecule has 1 unspecified atom stereocenters. The fourth-order valence-electron chi connectivity index (χ4n) is 2.67. The summed E-state index contributed by atoms with van der Waals surface area (Å²) in [6, 6.07) is 11.3. The Kier molecular flexibility index (Phi) is 4.67. The quantitative estimate of drug-likeness (QED) is 0.942. The van der Waals surface area contributed by atoms with Gasteiger partial charge in [-0.1, -0.05) is 30.3 Å². The van der Waals surface area contributed by atoms with Gasteiger partial charge in [0, 0.05) is 19.0 Å². The number of hydrogen-bond acceptors (Lipinski definition) is 2. The van der Waals surface area contributed by atoms with E-state index in [4.69, 9.17) is 4.74 Å². The second-order valence-electron chi connectivity index (χ2n) is 5.62. The zero-order valence-electron chi connectivity index (χ0n) is 12.5. The first-order valence-electron chi connectivity index (χ1n) is 7.51. The van der Waals surface area contributed by atoms with Gasteiger partial charge >= 0.3 is 0 Å². The molecule has 2 aromatic carbocycles. The summed E-state index contributed by atoms with van der Waals surface area (Å²) in [6.45, 7) is 0.902. The molecule has 1 amide bonds. The van der Waals surface area contributed by atoms with Crippen LogP contribution in [0.15, 0.2) is 42.5 Å². The Morgan fingerprint density at radius 2 is 1.96 bits per heavy atom. The van der Waals surface area contributed by atoms with Crippen molar-refractivity contribution in [2.24, 2.45) is 0 Å². The summed E-state index contributed by atoms with van der Waals surface area (Å²) in [7, 11) is 0. The second-order valence-corrected chi connectivity index (χ2v) is 5.62. The number of carbonyl (C=O) groups is 1. The Morgan fingerprint density at radius 3 is 2.74 bits per heavy atom. The molecule has 1 N–H and O–H groups in total. The van der Waals surface area contributed by atoms with E-state index < -0.39 is 11.6 Å². The molecule has 3 nitrogen and oxygen atoms in total. The van der Waals surface area contributed by atoms with Gasteiger partial charge in [-0.25, -0.2) is 8.78 Å². The number of amides is 1. The molecule has 0 aliphatic carbocycles. The summed E-state index contributed by atoms with van der Waals surface area (Å²) in [5.41, 5.74) is 2.57. The first-order valence-corrected chi connectivity index (χ1v) is 7.51. The average molecular weight is 317 g/mol. The van der Waals surface area contributed by atoms with E-state index in [1.807, 2.05) is 18.2 Å². The van der Waals surface area contributed by atoms with Gasteiger partial charge in [-0.05, 0) is 22.8 Å². The van der Waals surface area contributed by atoms with Crippen LogP contribution in [0.3, 0.4) is 0 Å². The monoisotopic (exact) mass is 317 g/mol. The van der Waals surface area contributed by atoms with Crippen LogP contribution < -0.4 is 5.32 Å². The van der Waals surface area contributed by atoms with Crippen molar-refractivity contribution in [2.75, 3.05) is 6.54 Å². The van der Waals surface area contributed by atoms with Crippen molar-refractivity contribution in [1.82, 2.24) is 5.32 Å². The predicted octanol–water partition coefficient (Wildman–Crippen LogP) is 2.77. The van der Waals surface area contributed by atoms with Gasteiger partial charge in [0.1, 0.15) is 11.6 Å². The van der Waals surface area contributed by atoms with Crippen LogP contribution in [-0.2, 0) is 29.0 Å². The summed E-state index contributed by atoms with van der Waals surface area (Å²) >= 11 is 0. The molecular weight excluding hydrogens is 300 g/mol. The van der Waals surface area contributed by atoms with E-state index in [1.165, 1.54) is 17.2 Å². The highest BCUT2D eigenvalue weighted by Crippen LogP contribution is 2.19. The van der Waals surface area contributed by atoms with Crippen molar-refractivity contribution in [3.63, 3.8) is 0 Å². The Labute approximate surface area is 133 Å². The third-order valence-electron chi connectivity index (χ3n) is 3.93. The third-order valence-corrected chi connectivity index (χ3v) is 3.93. The highest BCUT2D eigenvalue weighted by Gasteiger charge is 2.19. The van der Waals surface area contributed by atoms with Crippen LogP contribution in [0, 0.1) is 11.6 Å². The fourth-order valence-corrected chi connectivity index (χ4v) is 2.67. The topological polar surface area (TPSA) is 38.3 Å². The smallest absolute Gasteiger partial charge is 0.224 e. The lowest BCUT2D eigenvalue weighted by atomic mass is 9.99. The molecule has 23 heavy (non-hydrogen) atoms. The molecule has 0 aromatic heterocycles. The minimum atomic E-state index is -0.706. The Morgan fingerprint density at radius 1 is 1.17 bits per heavy atom. The van der Waals surface area contributed by atoms with Crippen LogP contribution in [-0.4, -0.2) is 18.6 Å². The molecule has 0 fully saturated rings. The van der Waals surface area contributed by atoms with E-state index in [9.17, 15) is 13.6 Å². The number of halogens is 2. The molecule has 0 radical (unpaired) electrons. The molecule has 1 heterocycles. The Hall–Kier alpha value is -2.27. The van der Waals surface area contributed by atoms with Gasteiger partial charge in [-0.2, -0.15) is 0 Å². The first-order chi connectivity index (χ1) is 11.1. The Bertz CT molecular complexity index is 718. The molecule has 1 aliphatic rings. The number of benzene rings is 2. The van der Waals surface area contributed by atoms with Crippen LogP contribution in [0.25, 0.3) is 0 Å². The van der Waals surface area contributed by atoms with Crippen LogP contribution in [0.5, 0.6) is 0 Å². The van der Waals surface area contributed by atoms with E-state index in [0.29, 0.717) is 13.2 Å². The number of ether oxygens (including phenoxy) is 1. The molecule has 1 aliphatic heterocycles. The summed E-state index contributed by atoms with van der Waals surface area (Å²) in [5, 5.41) is 2.75. The van der Waals surface area contributed by atoms with Crippen LogP contribution >= 0.6 is 0 Å². The van der Waals surface area contributed by atoms with Crippen molar-refractivity contribution in [1.29, 1.82) is 0 Å². The van der Waals surface area contributed by atoms with Crippen LogP contribution in [0.2, 0.25) is 0 Å². The molecule has 0 saturated carbocycles. The standard InChI is InChI=1S/C18H17F2NO2/c19-15-6-5-13(17(20)9-15)8-18(22)21-10-16-7-12-3-1-2-4-14(12)11-23-16/h1-6,9,16H,7-8,10-11H2,(H,21,22). The number of nitrogens with one attached hydrogen (secondary N) is 1. The molecule has 2 aromatic rings. The number of hydrogen-bond donors (Lipinski definition) is 1. The van der Waals surface area contributed by atoms with Gasteiger partial charge in [0.15, 0.2) is 0 Å². The lowest BCUT2D eigenvalue weighted by Gasteiger charge is -2.25. The van der Waals surface area contributed by atoms with Gasteiger partial charge in [0.2, 0.25) is 5.91 Å². The van der Waals surface area contributed by atoms with E-state index in [1.54, 1.807) is 0 Å². The zero-order chi connectivity index (χ0) is 16.2. The number of fused-ring (bicyclic) bond motifs is 1. The van der Waals surface area contributed by atoms with Crippen molar-refractivity contribution in [2.45, 2.75) is 25.6 Å². The van der Waals surface area contributed by atoms with E-state index in [2.05, 4.69) is 11.4 Å². The van der Waals surface area contributed by atoms with Gasteiger partial charge < -0.3 is 10.1 Å². The van der Waals surface area contributed by atoms with Crippen LogP contribution in [0.1, 0.15) is 16.7 Å². The second kappa shape index (κ2) is 6.87. The summed E-state index contributed by atoms with van der Waals surface area (Å²) in [4.78, 5) is 11.9. The van der Waals surface area contributed by atoms with Gasteiger partial charge in [0.25, 0.3) is 0 Å². The summed E-state index contributed by atoms with van der Waals surface area (Å²) in [5.74, 6) is -1.66. The van der Waals surface area contributed by atoms with Crippen molar-refractivity contribution in [3.05, 3.63) is 70.8 Å². The van der Waals surface area contributed by atoms with Gasteiger partial charge in [0.05, 0.1) is 19.1 Å². The zero-order valence-corrected chi connectivity index (χ0v) is 12.5. The normalized spacial score (nSPS) is 16.7. The highest BCUT2D eigenvalue weighted by atomic mass is 19.1. The molecule has 120 valence electrons. The predicted molar refractivity (Wildman–Crippen MR) is 81.8 cm³/mol. The van der Waals surface area contributed by atoms with Crippen molar-refractivity contribution < 1.29 is 18.3 Å². The maximum atomic E-state index is 13.5. The molecule has 5 heteroatoms. The van der Waals surface area contributed by atoms with E-state index in [0.717, 1.165) is 18.6 Å². The average Bonchev–Trinajstić information content (AvgIpc) is 2.55. The van der Waals surface area contributed by atoms with Crippen molar-refractivity contribution in [3.8, 4) is 0 Å².